The number of likely N-dealkylation sites (tertiary alicyclic amines) is 1. The Balaban J connectivity index is 2.21. The van der Waals surface area contributed by atoms with Gasteiger partial charge in [0.05, 0.1) is 18.1 Å². The molecule has 0 aromatic carbocycles. The fourth-order valence-electron chi connectivity index (χ4n) is 2.51. The van der Waals surface area contributed by atoms with Crippen molar-refractivity contribution in [1.82, 2.24) is 14.5 Å². The molecule has 90 valence electrons. The Kier molecular flexibility index (Phi) is 3.61. The van der Waals surface area contributed by atoms with Crippen molar-refractivity contribution >= 4 is 0 Å². The van der Waals surface area contributed by atoms with Crippen LogP contribution in [0.15, 0.2) is 12.5 Å². The van der Waals surface area contributed by atoms with Gasteiger partial charge in [0.2, 0.25) is 0 Å². The Bertz CT molecular complexity index is 326. The Hall–Kier alpha value is -0.870. The Morgan fingerprint density at radius 2 is 2.06 bits per heavy atom. The first-order valence-corrected chi connectivity index (χ1v) is 6.20. The van der Waals surface area contributed by atoms with Crippen LogP contribution in [0.25, 0.3) is 0 Å². The monoisotopic (exact) mass is 222 g/mol. The summed E-state index contributed by atoms with van der Waals surface area (Å²) in [6, 6.07) is 0.793. The molecule has 0 saturated carbocycles. The molecule has 0 aliphatic carbocycles. The van der Waals surface area contributed by atoms with Gasteiger partial charge < -0.3 is 10.3 Å². The number of nitrogens with zero attached hydrogens (tertiary/aromatic N) is 3. The molecule has 0 spiro atoms. The number of aromatic nitrogens is 2. The van der Waals surface area contributed by atoms with Crippen molar-refractivity contribution in [2.75, 3.05) is 19.6 Å². The lowest BCUT2D eigenvalue weighted by molar-refractivity contribution is 0.239. The predicted octanol–water partition coefficient (Wildman–Crippen LogP) is 1.56. The van der Waals surface area contributed by atoms with Gasteiger partial charge in [0, 0.05) is 18.8 Å². The van der Waals surface area contributed by atoms with Crippen LogP contribution in [-0.4, -0.2) is 34.1 Å². The van der Waals surface area contributed by atoms with Gasteiger partial charge in [-0.15, -0.1) is 0 Å². The topological polar surface area (TPSA) is 47.1 Å². The lowest BCUT2D eigenvalue weighted by Gasteiger charge is -2.28. The summed E-state index contributed by atoms with van der Waals surface area (Å²) in [5.41, 5.74) is 7.19. The minimum Gasteiger partial charge on any atom is -0.331 e. The van der Waals surface area contributed by atoms with Crippen molar-refractivity contribution in [2.45, 2.75) is 38.8 Å². The largest absolute Gasteiger partial charge is 0.331 e. The summed E-state index contributed by atoms with van der Waals surface area (Å²) in [6.45, 7) is 7.39. The van der Waals surface area contributed by atoms with E-state index in [2.05, 4.69) is 28.3 Å². The molecule has 1 aromatic heterocycles. The van der Waals surface area contributed by atoms with Crippen LogP contribution in [0.1, 0.15) is 44.5 Å². The zero-order valence-electron chi connectivity index (χ0n) is 10.3. The van der Waals surface area contributed by atoms with E-state index in [1.165, 1.54) is 31.6 Å². The average molecular weight is 222 g/mol. The van der Waals surface area contributed by atoms with Gasteiger partial charge in [-0.3, -0.25) is 4.90 Å². The van der Waals surface area contributed by atoms with Gasteiger partial charge in [-0.05, 0) is 39.8 Å². The van der Waals surface area contributed by atoms with Crippen LogP contribution in [0.4, 0.5) is 0 Å². The summed E-state index contributed by atoms with van der Waals surface area (Å²) < 4.78 is 2.23. The molecular weight excluding hydrogens is 200 g/mol. The number of hydrogen-bond acceptors (Lipinski definition) is 3. The van der Waals surface area contributed by atoms with Crippen LogP contribution in [0.5, 0.6) is 0 Å². The Morgan fingerprint density at radius 1 is 1.38 bits per heavy atom. The van der Waals surface area contributed by atoms with Gasteiger partial charge >= 0.3 is 0 Å². The minimum absolute atomic E-state index is 0.340. The van der Waals surface area contributed by atoms with E-state index in [4.69, 9.17) is 5.73 Å². The van der Waals surface area contributed by atoms with E-state index in [0.29, 0.717) is 18.6 Å². The molecule has 1 aliphatic heterocycles. The molecule has 0 radical (unpaired) electrons. The van der Waals surface area contributed by atoms with Crippen LogP contribution in [0, 0.1) is 0 Å². The molecule has 4 nitrogen and oxygen atoms in total. The number of hydrogen-bond donors (Lipinski definition) is 1. The third-order valence-corrected chi connectivity index (χ3v) is 3.40. The second-order valence-corrected chi connectivity index (χ2v) is 4.81. The zero-order chi connectivity index (χ0) is 11.5. The molecule has 1 atom stereocenters. The maximum Gasteiger partial charge on any atom is 0.0951 e. The fraction of sp³-hybridized carbons (Fsp3) is 0.750. The van der Waals surface area contributed by atoms with Gasteiger partial charge in [-0.2, -0.15) is 0 Å². The van der Waals surface area contributed by atoms with Crippen molar-refractivity contribution in [1.29, 1.82) is 0 Å². The molecule has 4 heteroatoms. The summed E-state index contributed by atoms with van der Waals surface area (Å²) in [4.78, 5) is 6.75. The maximum atomic E-state index is 5.93. The predicted molar refractivity (Wildman–Crippen MR) is 65.2 cm³/mol. The third-order valence-electron chi connectivity index (χ3n) is 3.40. The molecular formula is C12H22N4. The molecule has 2 rings (SSSR count). The highest BCUT2D eigenvalue weighted by atomic mass is 15.2. The highest BCUT2D eigenvalue weighted by Crippen LogP contribution is 2.25. The van der Waals surface area contributed by atoms with Crippen LogP contribution in [0.2, 0.25) is 0 Å². The standard InChI is InChI=1S/C12H22N4/c1-10(2)16-9-14-8-12(16)11(7-13)15-5-3-4-6-15/h8-11H,3-7,13H2,1-2H3. The number of nitrogens with two attached hydrogens (primary N) is 1. The molecule has 0 amide bonds. The quantitative estimate of drug-likeness (QED) is 0.841. The average Bonchev–Trinajstić information content (AvgIpc) is 2.88. The molecule has 2 heterocycles. The minimum atomic E-state index is 0.340. The molecule has 1 fully saturated rings. The summed E-state index contributed by atoms with van der Waals surface area (Å²) in [5.74, 6) is 0. The highest BCUT2D eigenvalue weighted by Gasteiger charge is 2.25. The number of imidazole rings is 1. The van der Waals surface area contributed by atoms with E-state index in [1.807, 2.05) is 12.5 Å². The van der Waals surface area contributed by atoms with Crippen LogP contribution in [-0.2, 0) is 0 Å². The molecule has 2 N–H and O–H groups in total. The van der Waals surface area contributed by atoms with Crippen LogP contribution < -0.4 is 5.73 Å². The SMILES string of the molecule is CC(C)n1cncc1C(CN)N1CCCC1. The molecule has 16 heavy (non-hydrogen) atoms. The van der Waals surface area contributed by atoms with Crippen molar-refractivity contribution < 1.29 is 0 Å². The van der Waals surface area contributed by atoms with Crippen LogP contribution in [0.3, 0.4) is 0 Å². The summed E-state index contributed by atoms with van der Waals surface area (Å²) in [6.07, 6.45) is 6.48. The van der Waals surface area contributed by atoms with Gasteiger partial charge in [0.1, 0.15) is 0 Å². The van der Waals surface area contributed by atoms with Gasteiger partial charge in [-0.1, -0.05) is 0 Å². The molecule has 1 aromatic rings. The Morgan fingerprint density at radius 3 is 2.62 bits per heavy atom. The van der Waals surface area contributed by atoms with Crippen molar-refractivity contribution in [3.8, 4) is 0 Å². The first-order valence-electron chi connectivity index (χ1n) is 6.20. The maximum absolute atomic E-state index is 5.93. The van der Waals surface area contributed by atoms with Gasteiger partial charge in [0.25, 0.3) is 0 Å². The van der Waals surface area contributed by atoms with Gasteiger partial charge in [0.15, 0.2) is 0 Å². The van der Waals surface area contributed by atoms with E-state index < -0.39 is 0 Å². The second kappa shape index (κ2) is 4.97. The second-order valence-electron chi connectivity index (χ2n) is 4.81. The summed E-state index contributed by atoms with van der Waals surface area (Å²) >= 11 is 0. The van der Waals surface area contributed by atoms with Crippen molar-refractivity contribution in [3.05, 3.63) is 18.2 Å². The van der Waals surface area contributed by atoms with E-state index >= 15 is 0 Å². The van der Waals surface area contributed by atoms with Crippen molar-refractivity contribution in [3.63, 3.8) is 0 Å². The lowest BCUT2D eigenvalue weighted by Crippen LogP contribution is -2.33. The lowest BCUT2D eigenvalue weighted by atomic mass is 10.2. The van der Waals surface area contributed by atoms with E-state index in [0.717, 1.165) is 0 Å². The fourth-order valence-corrected chi connectivity index (χ4v) is 2.51. The third kappa shape index (κ3) is 2.13. The van der Waals surface area contributed by atoms with E-state index in [9.17, 15) is 0 Å². The molecule has 1 unspecified atom stereocenters. The highest BCUT2D eigenvalue weighted by molar-refractivity contribution is 5.08. The molecule has 1 saturated heterocycles. The first kappa shape index (κ1) is 11.6. The zero-order valence-corrected chi connectivity index (χ0v) is 10.3. The van der Waals surface area contributed by atoms with Crippen molar-refractivity contribution in [2.24, 2.45) is 5.73 Å². The Labute approximate surface area is 97.4 Å². The molecule has 0 bridgehead atoms. The smallest absolute Gasteiger partial charge is 0.0951 e. The number of rotatable bonds is 4. The normalized spacial score (nSPS) is 19.5. The van der Waals surface area contributed by atoms with E-state index in [-0.39, 0.29) is 0 Å². The summed E-state index contributed by atoms with van der Waals surface area (Å²) in [5, 5.41) is 0. The summed E-state index contributed by atoms with van der Waals surface area (Å²) in [7, 11) is 0. The van der Waals surface area contributed by atoms with Crippen LogP contribution >= 0.6 is 0 Å². The van der Waals surface area contributed by atoms with Gasteiger partial charge in [-0.25, -0.2) is 4.98 Å². The van der Waals surface area contributed by atoms with E-state index in [1.54, 1.807) is 0 Å². The first-order chi connectivity index (χ1) is 7.74. The molecule has 1 aliphatic rings.